The van der Waals surface area contributed by atoms with Crippen LogP contribution >= 0.6 is 0 Å². The lowest BCUT2D eigenvalue weighted by molar-refractivity contribution is -0.118. The smallest absolute Gasteiger partial charge is 0.225 e. The van der Waals surface area contributed by atoms with Gasteiger partial charge in [0.05, 0.1) is 11.9 Å². The Labute approximate surface area is 145 Å². The van der Waals surface area contributed by atoms with Crippen LogP contribution in [0.15, 0.2) is 18.3 Å². The maximum Gasteiger partial charge on any atom is 0.225 e. The number of pyridine rings is 1. The van der Waals surface area contributed by atoms with Gasteiger partial charge in [0.2, 0.25) is 5.91 Å². The molecule has 0 spiro atoms. The van der Waals surface area contributed by atoms with Crippen LogP contribution < -0.4 is 16.0 Å². The largest absolute Gasteiger partial charge is 0.357 e. The third-order valence-electron chi connectivity index (χ3n) is 5.59. The molecule has 2 heterocycles. The number of nitrogens with zero attached hydrogens (tertiary/aromatic N) is 2. The molecule has 3 N–H and O–H groups in total. The van der Waals surface area contributed by atoms with Crippen LogP contribution in [-0.2, 0) is 4.79 Å². The molecule has 5 nitrogen and oxygen atoms in total. The molecule has 1 aliphatic heterocycles. The summed E-state index contributed by atoms with van der Waals surface area (Å²) in [7, 11) is 0. The van der Waals surface area contributed by atoms with Gasteiger partial charge < -0.3 is 16.0 Å². The number of amides is 1. The van der Waals surface area contributed by atoms with Gasteiger partial charge >= 0.3 is 0 Å². The molecule has 0 aromatic carbocycles. The van der Waals surface area contributed by atoms with E-state index in [9.17, 15) is 4.79 Å². The molecule has 0 unspecified atom stereocenters. The lowest BCUT2D eigenvalue weighted by Crippen LogP contribution is -2.36. The first-order valence-corrected chi connectivity index (χ1v) is 9.42. The maximum atomic E-state index is 12.4. The van der Waals surface area contributed by atoms with Crippen LogP contribution in [-0.4, -0.2) is 30.5 Å². The first kappa shape index (κ1) is 17.2. The van der Waals surface area contributed by atoms with Gasteiger partial charge in [-0.1, -0.05) is 19.3 Å². The highest BCUT2D eigenvalue weighted by Gasteiger charge is 2.32. The molecule has 2 aliphatic rings. The van der Waals surface area contributed by atoms with E-state index in [1.165, 1.54) is 38.5 Å². The van der Waals surface area contributed by atoms with Crippen molar-refractivity contribution in [2.45, 2.75) is 57.8 Å². The van der Waals surface area contributed by atoms with Gasteiger partial charge in [-0.15, -0.1) is 0 Å². The fourth-order valence-electron chi connectivity index (χ4n) is 4.07. The predicted octanol–water partition coefficient (Wildman–Crippen LogP) is 3.31. The third-order valence-corrected chi connectivity index (χ3v) is 5.59. The number of aromatic nitrogens is 1. The van der Waals surface area contributed by atoms with E-state index in [0.29, 0.717) is 13.0 Å². The van der Waals surface area contributed by atoms with Crippen LogP contribution in [0.2, 0.25) is 0 Å². The molecule has 1 aromatic rings. The van der Waals surface area contributed by atoms with Crippen molar-refractivity contribution in [3.63, 3.8) is 0 Å². The lowest BCUT2D eigenvalue weighted by atomic mass is 9.71. The fraction of sp³-hybridized carbons (Fsp3) is 0.684. The monoisotopic (exact) mass is 330 g/mol. The van der Waals surface area contributed by atoms with E-state index in [4.69, 9.17) is 5.73 Å². The highest BCUT2D eigenvalue weighted by atomic mass is 16.1. The van der Waals surface area contributed by atoms with Crippen molar-refractivity contribution < 1.29 is 4.79 Å². The first-order chi connectivity index (χ1) is 11.7. The second kappa shape index (κ2) is 7.97. The molecule has 132 valence electrons. The number of anilines is 2. The quantitative estimate of drug-likeness (QED) is 0.869. The van der Waals surface area contributed by atoms with Gasteiger partial charge in [0.15, 0.2) is 0 Å². The molecule has 3 rings (SSSR count). The van der Waals surface area contributed by atoms with Gasteiger partial charge in [-0.3, -0.25) is 4.79 Å². The molecule has 1 aromatic heterocycles. The van der Waals surface area contributed by atoms with Crippen LogP contribution in [0.4, 0.5) is 11.5 Å². The summed E-state index contributed by atoms with van der Waals surface area (Å²) < 4.78 is 0. The van der Waals surface area contributed by atoms with Gasteiger partial charge in [-0.05, 0) is 56.2 Å². The number of hydrogen-bond acceptors (Lipinski definition) is 4. The van der Waals surface area contributed by atoms with E-state index in [-0.39, 0.29) is 11.3 Å². The molecular weight excluding hydrogens is 300 g/mol. The summed E-state index contributed by atoms with van der Waals surface area (Å²) in [4.78, 5) is 19.3. The molecule has 1 saturated carbocycles. The highest BCUT2D eigenvalue weighted by molar-refractivity contribution is 5.91. The summed E-state index contributed by atoms with van der Waals surface area (Å²) in [5, 5.41) is 3.00. The summed E-state index contributed by atoms with van der Waals surface area (Å²) in [6.45, 7) is 2.77. The zero-order chi connectivity index (χ0) is 16.8. The van der Waals surface area contributed by atoms with E-state index >= 15 is 0 Å². The zero-order valence-electron chi connectivity index (χ0n) is 14.6. The van der Waals surface area contributed by atoms with Crippen LogP contribution in [0.5, 0.6) is 0 Å². The molecule has 1 aliphatic carbocycles. The number of carbonyl (C=O) groups is 1. The minimum Gasteiger partial charge on any atom is -0.357 e. The van der Waals surface area contributed by atoms with Crippen molar-refractivity contribution >= 4 is 17.4 Å². The normalized spacial score (nSPS) is 20.6. The molecule has 2 fully saturated rings. The maximum absolute atomic E-state index is 12.4. The summed E-state index contributed by atoms with van der Waals surface area (Å²) in [5.74, 6) is 1.08. The molecule has 24 heavy (non-hydrogen) atoms. The average molecular weight is 330 g/mol. The van der Waals surface area contributed by atoms with Gasteiger partial charge in [0.1, 0.15) is 5.82 Å². The molecular formula is C19H30N4O. The Morgan fingerprint density at radius 1 is 1.12 bits per heavy atom. The first-order valence-electron chi connectivity index (χ1n) is 9.42. The van der Waals surface area contributed by atoms with Gasteiger partial charge in [0.25, 0.3) is 0 Å². The van der Waals surface area contributed by atoms with Crippen molar-refractivity contribution in [3.8, 4) is 0 Å². The van der Waals surface area contributed by atoms with E-state index in [2.05, 4.69) is 15.2 Å². The number of hydrogen-bond donors (Lipinski definition) is 2. The van der Waals surface area contributed by atoms with Crippen LogP contribution in [0.3, 0.4) is 0 Å². The Bertz CT molecular complexity index is 531. The number of nitrogens with two attached hydrogens (primary N) is 1. The molecule has 0 bridgehead atoms. The Hall–Kier alpha value is -1.62. The Kier molecular flexibility index (Phi) is 5.72. The minimum absolute atomic E-state index is 0.00348. The molecule has 0 atom stereocenters. The van der Waals surface area contributed by atoms with E-state index in [1.807, 2.05) is 12.1 Å². The van der Waals surface area contributed by atoms with E-state index in [1.54, 1.807) is 6.20 Å². The van der Waals surface area contributed by atoms with E-state index < -0.39 is 0 Å². The van der Waals surface area contributed by atoms with Crippen LogP contribution in [0, 0.1) is 5.41 Å². The number of nitrogens with one attached hydrogen (secondary N) is 1. The summed E-state index contributed by atoms with van der Waals surface area (Å²) in [6.07, 6.45) is 11.9. The van der Waals surface area contributed by atoms with Crippen LogP contribution in [0.1, 0.15) is 57.8 Å². The van der Waals surface area contributed by atoms with Crippen LogP contribution in [0.25, 0.3) is 0 Å². The minimum atomic E-state index is 0.00348. The highest BCUT2D eigenvalue weighted by Crippen LogP contribution is 2.38. The average Bonchev–Trinajstić information content (AvgIpc) is 2.64. The van der Waals surface area contributed by atoms with Crippen molar-refractivity contribution in [2.75, 3.05) is 29.9 Å². The van der Waals surface area contributed by atoms with Gasteiger partial charge in [0, 0.05) is 19.5 Å². The second-order valence-corrected chi connectivity index (χ2v) is 7.44. The lowest BCUT2D eigenvalue weighted by Gasteiger charge is -2.35. The van der Waals surface area contributed by atoms with Crippen molar-refractivity contribution in [1.29, 1.82) is 0 Å². The molecule has 1 amide bonds. The second-order valence-electron chi connectivity index (χ2n) is 7.44. The Morgan fingerprint density at radius 2 is 1.83 bits per heavy atom. The number of carbonyl (C=O) groups excluding carboxylic acids is 1. The summed E-state index contributed by atoms with van der Waals surface area (Å²) >= 11 is 0. The Morgan fingerprint density at radius 3 is 2.46 bits per heavy atom. The standard InChI is InChI=1S/C19H30N4O/c20-15-19(9-3-1-4-10-19)13-18(24)22-16-7-8-17(21-14-16)23-11-5-2-6-12-23/h7-8,14H,1-6,9-13,15,20H2,(H,22,24). The molecule has 0 radical (unpaired) electrons. The topological polar surface area (TPSA) is 71.2 Å². The molecule has 1 saturated heterocycles. The predicted molar refractivity (Wildman–Crippen MR) is 98.1 cm³/mol. The van der Waals surface area contributed by atoms with Gasteiger partial charge in [-0.2, -0.15) is 0 Å². The number of piperidine rings is 1. The Balaban J connectivity index is 1.56. The fourth-order valence-corrected chi connectivity index (χ4v) is 4.07. The zero-order valence-corrected chi connectivity index (χ0v) is 14.6. The van der Waals surface area contributed by atoms with Crippen molar-refractivity contribution in [2.24, 2.45) is 11.1 Å². The van der Waals surface area contributed by atoms with E-state index in [0.717, 1.165) is 37.4 Å². The SMILES string of the molecule is NCC1(CC(=O)Nc2ccc(N3CCCCC3)nc2)CCCCC1. The number of rotatable bonds is 5. The summed E-state index contributed by atoms with van der Waals surface area (Å²) in [5.41, 5.74) is 6.77. The third kappa shape index (κ3) is 4.26. The van der Waals surface area contributed by atoms with Crippen molar-refractivity contribution in [1.82, 2.24) is 4.98 Å². The van der Waals surface area contributed by atoms with Crippen molar-refractivity contribution in [3.05, 3.63) is 18.3 Å². The molecule has 5 heteroatoms. The van der Waals surface area contributed by atoms with Gasteiger partial charge in [-0.25, -0.2) is 4.98 Å². The summed E-state index contributed by atoms with van der Waals surface area (Å²) in [6, 6.07) is 3.98.